The van der Waals surface area contributed by atoms with Gasteiger partial charge in [0.05, 0.1) is 17.0 Å². The summed E-state index contributed by atoms with van der Waals surface area (Å²) >= 11 is 0. The summed E-state index contributed by atoms with van der Waals surface area (Å²) in [7, 11) is 0.0368. The monoisotopic (exact) mass is 382 g/mol. The number of pyridine rings is 1. The topological polar surface area (TPSA) is 99.2 Å². The second kappa shape index (κ2) is 6.83. The number of rotatable bonds is 4. The summed E-state index contributed by atoms with van der Waals surface area (Å²) in [6.45, 7) is 8.80. The Labute approximate surface area is 157 Å². The Balaban J connectivity index is 2.04. The maximum Gasteiger partial charge on any atom is 0.280 e. The van der Waals surface area contributed by atoms with Gasteiger partial charge >= 0.3 is 0 Å². The van der Waals surface area contributed by atoms with E-state index in [1.807, 2.05) is 0 Å². The minimum Gasteiger partial charge on any atom is -0.293 e. The Morgan fingerprint density at radius 1 is 1.22 bits per heavy atom. The lowest BCUT2D eigenvalue weighted by molar-refractivity contribution is 0.588. The molecule has 9 heteroatoms. The van der Waals surface area contributed by atoms with E-state index in [1.54, 1.807) is 51.4 Å². The van der Waals surface area contributed by atoms with Crippen LogP contribution in [-0.4, -0.2) is 37.4 Å². The van der Waals surface area contributed by atoms with E-state index < -0.39 is 9.92 Å². The molecule has 2 N–H and O–H groups in total. The number of aryl methyl sites for hydroxylation is 1. The lowest BCUT2D eigenvalue weighted by Gasteiger charge is -2.14. The van der Waals surface area contributed by atoms with Gasteiger partial charge in [0, 0.05) is 26.0 Å². The number of hydrogen-bond donors (Lipinski definition) is 2. The molecule has 0 fully saturated rings. The van der Waals surface area contributed by atoms with E-state index in [0.29, 0.717) is 28.3 Å². The lowest BCUT2D eigenvalue weighted by atomic mass is 10.1. The molecule has 1 aromatic carbocycles. The molecular formula is C18H18N6O2S. The normalized spacial score (nSPS) is 13.3. The minimum absolute atomic E-state index is 0.266. The highest BCUT2D eigenvalue weighted by molar-refractivity contribution is 7.90. The second-order valence-electron chi connectivity index (χ2n) is 6.10. The van der Waals surface area contributed by atoms with Gasteiger partial charge in [-0.2, -0.15) is 0 Å². The van der Waals surface area contributed by atoms with Gasteiger partial charge in [-0.1, -0.05) is 24.3 Å². The molecule has 0 aliphatic carbocycles. The first-order chi connectivity index (χ1) is 12.8. The van der Waals surface area contributed by atoms with Crippen molar-refractivity contribution in [2.45, 2.75) is 11.8 Å². The Kier molecular flexibility index (Phi) is 4.70. The van der Waals surface area contributed by atoms with Crippen molar-refractivity contribution in [1.82, 2.24) is 19.1 Å². The highest BCUT2D eigenvalue weighted by Crippen LogP contribution is 2.23. The summed E-state index contributed by atoms with van der Waals surface area (Å²) in [4.78, 5) is 20.7. The van der Waals surface area contributed by atoms with Crippen molar-refractivity contribution in [3.8, 4) is 16.9 Å². The van der Waals surface area contributed by atoms with Gasteiger partial charge in [-0.15, -0.1) is 0 Å². The third-order valence-corrected chi connectivity index (χ3v) is 6.05. The number of aromatic amines is 1. The van der Waals surface area contributed by atoms with Crippen LogP contribution in [0.2, 0.25) is 0 Å². The van der Waals surface area contributed by atoms with Crippen LogP contribution in [-0.2, 0) is 9.92 Å². The first-order valence-corrected chi connectivity index (χ1v) is 9.49. The molecule has 0 unspecified atom stereocenters. The standard InChI is InChI=1S/C18H18N6O2S/c1-12-17(13-5-7-14(20-2)8-6-13)18(25)24(22-12)16-10-9-15(11-21-16)27(19,26)23(3)4/h5-11,19,22H,1,3-4H3/t27-/m1/s1. The van der Waals surface area contributed by atoms with Crippen LogP contribution in [0.1, 0.15) is 5.69 Å². The quantitative estimate of drug-likeness (QED) is 0.679. The fraction of sp³-hybridized carbons (Fsp3) is 0.167. The average molecular weight is 382 g/mol. The first kappa shape index (κ1) is 18.6. The summed E-state index contributed by atoms with van der Waals surface area (Å²) in [6, 6.07) is 9.88. The minimum atomic E-state index is -3.09. The Hall–Kier alpha value is -3.22. The van der Waals surface area contributed by atoms with Crippen LogP contribution in [0, 0.1) is 18.3 Å². The maximum absolute atomic E-state index is 12.9. The van der Waals surface area contributed by atoms with Crippen LogP contribution >= 0.6 is 0 Å². The van der Waals surface area contributed by atoms with E-state index in [4.69, 9.17) is 11.4 Å². The molecule has 1 atom stereocenters. The smallest absolute Gasteiger partial charge is 0.280 e. The van der Waals surface area contributed by atoms with E-state index in [9.17, 15) is 9.00 Å². The van der Waals surface area contributed by atoms with Crippen LogP contribution in [0.15, 0.2) is 52.3 Å². The lowest BCUT2D eigenvalue weighted by Crippen LogP contribution is -2.21. The molecule has 3 rings (SSSR count). The Bertz CT molecular complexity index is 1180. The predicted molar refractivity (Wildman–Crippen MR) is 103 cm³/mol. The average Bonchev–Trinajstić information content (AvgIpc) is 2.96. The molecule has 0 saturated carbocycles. The van der Waals surface area contributed by atoms with Gasteiger partial charge in [-0.3, -0.25) is 9.89 Å². The summed E-state index contributed by atoms with van der Waals surface area (Å²) in [5, 5.41) is 2.99. The van der Waals surface area contributed by atoms with Crippen molar-refractivity contribution in [2.75, 3.05) is 14.1 Å². The van der Waals surface area contributed by atoms with Gasteiger partial charge in [0.1, 0.15) is 9.92 Å². The number of nitrogens with one attached hydrogen (secondary N) is 2. The molecule has 27 heavy (non-hydrogen) atoms. The molecule has 0 saturated heterocycles. The van der Waals surface area contributed by atoms with Gasteiger partial charge in [0.25, 0.3) is 5.56 Å². The number of aromatic nitrogens is 3. The maximum atomic E-state index is 12.9. The van der Waals surface area contributed by atoms with E-state index in [2.05, 4.69) is 14.9 Å². The molecule has 0 bridgehead atoms. The van der Waals surface area contributed by atoms with Gasteiger partial charge in [0.15, 0.2) is 11.5 Å². The first-order valence-electron chi connectivity index (χ1n) is 7.98. The number of benzene rings is 1. The van der Waals surface area contributed by atoms with Crippen molar-refractivity contribution < 1.29 is 4.21 Å². The van der Waals surface area contributed by atoms with E-state index in [0.717, 1.165) is 0 Å². The highest BCUT2D eigenvalue weighted by Gasteiger charge is 2.17. The summed E-state index contributed by atoms with van der Waals surface area (Å²) in [5.74, 6) is 0.338. The molecule has 0 aliphatic heterocycles. The Morgan fingerprint density at radius 3 is 2.41 bits per heavy atom. The number of H-pyrrole nitrogens is 1. The van der Waals surface area contributed by atoms with Gasteiger partial charge < -0.3 is 0 Å². The summed E-state index contributed by atoms with van der Waals surface area (Å²) in [5.41, 5.74) is 2.10. The predicted octanol–water partition coefficient (Wildman–Crippen LogP) is 2.97. The summed E-state index contributed by atoms with van der Waals surface area (Å²) < 4.78 is 22.9. The molecule has 2 aromatic heterocycles. The molecule has 8 nitrogen and oxygen atoms in total. The van der Waals surface area contributed by atoms with E-state index in [1.165, 1.54) is 21.3 Å². The molecule has 0 radical (unpaired) electrons. The molecule has 3 aromatic rings. The largest absolute Gasteiger partial charge is 0.293 e. The van der Waals surface area contributed by atoms with Gasteiger partial charge in [0.2, 0.25) is 0 Å². The van der Waals surface area contributed by atoms with E-state index in [-0.39, 0.29) is 10.5 Å². The zero-order chi connectivity index (χ0) is 19.8. The van der Waals surface area contributed by atoms with Crippen LogP contribution in [0.5, 0.6) is 0 Å². The molecule has 0 amide bonds. The van der Waals surface area contributed by atoms with Crippen LogP contribution in [0.3, 0.4) is 0 Å². The molecular weight excluding hydrogens is 364 g/mol. The summed E-state index contributed by atoms with van der Waals surface area (Å²) in [6.07, 6.45) is 1.34. The molecule has 138 valence electrons. The molecule has 0 spiro atoms. The zero-order valence-corrected chi connectivity index (χ0v) is 15.9. The van der Waals surface area contributed by atoms with Crippen molar-refractivity contribution in [1.29, 1.82) is 4.78 Å². The third-order valence-electron chi connectivity index (χ3n) is 4.14. The highest BCUT2D eigenvalue weighted by atomic mass is 32.2. The Morgan fingerprint density at radius 2 is 1.89 bits per heavy atom. The van der Waals surface area contributed by atoms with Crippen molar-refractivity contribution in [3.63, 3.8) is 0 Å². The molecule has 2 heterocycles. The van der Waals surface area contributed by atoms with Crippen LogP contribution < -0.4 is 5.56 Å². The third kappa shape index (κ3) is 3.28. The van der Waals surface area contributed by atoms with Crippen LogP contribution in [0.25, 0.3) is 21.8 Å². The number of nitrogens with zero attached hydrogens (tertiary/aromatic N) is 4. The van der Waals surface area contributed by atoms with Gasteiger partial charge in [-0.05, 0) is 24.6 Å². The SMILES string of the molecule is [C-]#[N+]c1ccc(-c2c(C)[nH]n(-c3ccc([S@](=N)(=O)N(C)C)cn3)c2=O)cc1. The van der Waals surface area contributed by atoms with Crippen molar-refractivity contribution >= 4 is 15.6 Å². The van der Waals surface area contributed by atoms with Crippen molar-refractivity contribution in [2.24, 2.45) is 0 Å². The fourth-order valence-electron chi connectivity index (χ4n) is 2.63. The fourth-order valence-corrected chi connectivity index (χ4v) is 3.50. The van der Waals surface area contributed by atoms with Crippen LogP contribution in [0.4, 0.5) is 5.69 Å². The number of hydrogen-bond acceptors (Lipinski definition) is 4. The van der Waals surface area contributed by atoms with E-state index >= 15 is 0 Å². The zero-order valence-electron chi connectivity index (χ0n) is 15.1. The van der Waals surface area contributed by atoms with Crippen molar-refractivity contribution in [3.05, 3.63) is 70.1 Å². The molecule has 0 aliphatic rings. The second-order valence-corrected chi connectivity index (χ2v) is 8.35. The van der Waals surface area contributed by atoms with Gasteiger partial charge in [-0.25, -0.2) is 27.8 Å².